The molecule has 0 radical (unpaired) electrons. The maximum Gasteiger partial charge on any atom is 0.254 e. The van der Waals surface area contributed by atoms with Gasteiger partial charge in [0.15, 0.2) is 0 Å². The van der Waals surface area contributed by atoms with Crippen LogP contribution in [0.5, 0.6) is 0 Å². The van der Waals surface area contributed by atoms with E-state index in [4.69, 9.17) is 16.3 Å². The number of hydrogen-bond donors (Lipinski definition) is 0. The topological polar surface area (TPSA) is 42.4 Å². The van der Waals surface area contributed by atoms with Gasteiger partial charge in [-0.2, -0.15) is 0 Å². The number of carbonyl (C=O) groups is 1. The van der Waals surface area contributed by atoms with E-state index in [0.717, 1.165) is 24.1 Å². The summed E-state index contributed by atoms with van der Waals surface area (Å²) in [5, 5.41) is 0.697. The van der Waals surface area contributed by atoms with Crippen LogP contribution in [0.3, 0.4) is 0 Å². The predicted octanol–water partition coefficient (Wildman–Crippen LogP) is 3.90. The van der Waals surface area contributed by atoms with E-state index in [1.807, 2.05) is 35.2 Å². The Bertz CT molecular complexity index is 703. The smallest absolute Gasteiger partial charge is 0.254 e. The summed E-state index contributed by atoms with van der Waals surface area (Å²) in [4.78, 5) is 19.0. The first kappa shape index (κ1) is 16.9. The summed E-state index contributed by atoms with van der Waals surface area (Å²) in [7, 11) is 0. The van der Waals surface area contributed by atoms with Crippen molar-refractivity contribution in [2.45, 2.75) is 25.9 Å². The Morgan fingerprint density at radius 1 is 1.33 bits per heavy atom. The highest BCUT2D eigenvalue weighted by Crippen LogP contribution is 2.24. The van der Waals surface area contributed by atoms with Crippen molar-refractivity contribution in [3.8, 4) is 0 Å². The molecule has 4 nitrogen and oxygen atoms in total. The average molecular weight is 345 g/mol. The maximum absolute atomic E-state index is 12.8. The standard InChI is InChI=1S/C19H21ClN2O2/c1-2-3-17-12-15(8-9-21-17)19(23)22-10-11-24-18(13-22)14-4-6-16(20)7-5-14/h4-9,12,18H,2-3,10-11,13H2,1H3/t18-/m0/s1. The summed E-state index contributed by atoms with van der Waals surface area (Å²) in [6.45, 7) is 3.79. The molecule has 2 heterocycles. The van der Waals surface area contributed by atoms with Gasteiger partial charge in [-0.15, -0.1) is 0 Å². The number of pyridine rings is 1. The van der Waals surface area contributed by atoms with E-state index >= 15 is 0 Å². The minimum absolute atomic E-state index is 0.0389. The van der Waals surface area contributed by atoms with E-state index in [1.54, 1.807) is 12.3 Å². The molecule has 0 N–H and O–H groups in total. The van der Waals surface area contributed by atoms with Gasteiger partial charge in [-0.25, -0.2) is 0 Å². The molecule has 1 aliphatic rings. The Morgan fingerprint density at radius 2 is 2.12 bits per heavy atom. The summed E-state index contributed by atoms with van der Waals surface area (Å²) in [6.07, 6.45) is 3.50. The first-order valence-corrected chi connectivity index (χ1v) is 8.66. The number of benzene rings is 1. The van der Waals surface area contributed by atoms with Crippen molar-refractivity contribution in [1.82, 2.24) is 9.88 Å². The molecule has 0 unspecified atom stereocenters. The number of morpholine rings is 1. The van der Waals surface area contributed by atoms with Gasteiger partial charge < -0.3 is 9.64 Å². The molecule has 1 saturated heterocycles. The molecule has 1 aromatic carbocycles. The third kappa shape index (κ3) is 3.94. The second-order valence-corrected chi connectivity index (χ2v) is 6.38. The van der Waals surface area contributed by atoms with E-state index in [-0.39, 0.29) is 12.0 Å². The molecule has 3 rings (SSSR count). The van der Waals surface area contributed by atoms with E-state index in [0.29, 0.717) is 30.3 Å². The van der Waals surface area contributed by atoms with Crippen molar-refractivity contribution >= 4 is 17.5 Å². The minimum atomic E-state index is -0.114. The Kier molecular flexibility index (Phi) is 5.48. The van der Waals surface area contributed by atoms with Gasteiger partial charge in [0.25, 0.3) is 5.91 Å². The van der Waals surface area contributed by atoms with Gasteiger partial charge in [-0.3, -0.25) is 9.78 Å². The molecule has 1 aromatic heterocycles. The highest BCUT2D eigenvalue weighted by Gasteiger charge is 2.26. The minimum Gasteiger partial charge on any atom is -0.370 e. The monoisotopic (exact) mass is 344 g/mol. The molecular weight excluding hydrogens is 324 g/mol. The summed E-state index contributed by atoms with van der Waals surface area (Å²) in [5.41, 5.74) is 2.70. The fraction of sp³-hybridized carbons (Fsp3) is 0.368. The lowest BCUT2D eigenvalue weighted by Crippen LogP contribution is -2.42. The second kappa shape index (κ2) is 7.77. The van der Waals surface area contributed by atoms with Gasteiger partial charge in [0, 0.05) is 29.0 Å². The molecule has 1 amide bonds. The molecule has 1 aliphatic heterocycles. The number of halogens is 1. The molecule has 1 atom stereocenters. The molecule has 5 heteroatoms. The number of aromatic nitrogens is 1. The quantitative estimate of drug-likeness (QED) is 0.844. The Balaban J connectivity index is 1.73. The van der Waals surface area contributed by atoms with Gasteiger partial charge in [-0.1, -0.05) is 37.1 Å². The van der Waals surface area contributed by atoms with Crippen LogP contribution in [-0.2, 0) is 11.2 Å². The number of nitrogens with zero attached hydrogens (tertiary/aromatic N) is 2. The SMILES string of the molecule is CCCc1cc(C(=O)N2CCO[C@H](c3ccc(Cl)cc3)C2)ccn1. The van der Waals surface area contributed by atoms with Crippen molar-refractivity contribution < 1.29 is 9.53 Å². The number of ether oxygens (including phenoxy) is 1. The first-order chi connectivity index (χ1) is 11.7. The predicted molar refractivity (Wildman–Crippen MR) is 94.3 cm³/mol. The Morgan fingerprint density at radius 3 is 2.88 bits per heavy atom. The van der Waals surface area contributed by atoms with Crippen LogP contribution < -0.4 is 0 Å². The largest absolute Gasteiger partial charge is 0.370 e. The molecule has 0 aliphatic carbocycles. The zero-order chi connectivity index (χ0) is 16.9. The zero-order valence-electron chi connectivity index (χ0n) is 13.7. The van der Waals surface area contributed by atoms with Crippen molar-refractivity contribution in [2.24, 2.45) is 0 Å². The van der Waals surface area contributed by atoms with Gasteiger partial charge >= 0.3 is 0 Å². The maximum atomic E-state index is 12.8. The lowest BCUT2D eigenvalue weighted by atomic mass is 10.1. The second-order valence-electron chi connectivity index (χ2n) is 5.95. The van der Waals surface area contributed by atoms with Gasteiger partial charge in [-0.05, 0) is 36.2 Å². The van der Waals surface area contributed by atoms with Crippen LogP contribution in [-0.4, -0.2) is 35.5 Å². The third-order valence-corrected chi connectivity index (χ3v) is 4.42. The molecular formula is C19H21ClN2O2. The number of amides is 1. The molecule has 2 aromatic rings. The Hall–Kier alpha value is -1.91. The van der Waals surface area contributed by atoms with Gasteiger partial charge in [0.2, 0.25) is 0 Å². The number of aryl methyl sites for hydroxylation is 1. The summed E-state index contributed by atoms with van der Waals surface area (Å²) in [6, 6.07) is 11.3. The molecule has 24 heavy (non-hydrogen) atoms. The molecule has 0 bridgehead atoms. The third-order valence-electron chi connectivity index (χ3n) is 4.17. The Labute approximate surface area is 147 Å². The van der Waals surface area contributed by atoms with Crippen LogP contribution in [0.25, 0.3) is 0 Å². The summed E-state index contributed by atoms with van der Waals surface area (Å²) in [5.74, 6) is 0.0389. The molecule has 0 saturated carbocycles. The van der Waals surface area contributed by atoms with Gasteiger partial charge in [0.1, 0.15) is 6.10 Å². The number of rotatable bonds is 4. The first-order valence-electron chi connectivity index (χ1n) is 8.28. The number of carbonyl (C=O) groups excluding carboxylic acids is 1. The lowest BCUT2D eigenvalue weighted by Gasteiger charge is -2.33. The van der Waals surface area contributed by atoms with Crippen LogP contribution in [0.4, 0.5) is 0 Å². The summed E-state index contributed by atoms with van der Waals surface area (Å²) >= 11 is 5.94. The van der Waals surface area contributed by atoms with Gasteiger partial charge in [0.05, 0.1) is 13.2 Å². The normalized spacial score (nSPS) is 17.8. The van der Waals surface area contributed by atoms with Crippen LogP contribution in [0.15, 0.2) is 42.6 Å². The van der Waals surface area contributed by atoms with E-state index in [9.17, 15) is 4.79 Å². The number of hydrogen-bond acceptors (Lipinski definition) is 3. The summed E-state index contributed by atoms with van der Waals surface area (Å²) < 4.78 is 5.83. The fourth-order valence-corrected chi connectivity index (χ4v) is 3.03. The van der Waals surface area contributed by atoms with Crippen molar-refractivity contribution in [1.29, 1.82) is 0 Å². The highest BCUT2D eigenvalue weighted by molar-refractivity contribution is 6.30. The van der Waals surface area contributed by atoms with Crippen molar-refractivity contribution in [3.05, 3.63) is 64.4 Å². The molecule has 1 fully saturated rings. The van der Waals surface area contributed by atoms with Crippen LogP contribution >= 0.6 is 11.6 Å². The average Bonchev–Trinajstić information content (AvgIpc) is 2.62. The lowest BCUT2D eigenvalue weighted by molar-refractivity contribution is -0.0228. The van der Waals surface area contributed by atoms with Crippen molar-refractivity contribution in [3.63, 3.8) is 0 Å². The molecule has 126 valence electrons. The van der Waals surface area contributed by atoms with E-state index in [1.165, 1.54) is 0 Å². The zero-order valence-corrected chi connectivity index (χ0v) is 14.5. The van der Waals surface area contributed by atoms with E-state index < -0.39 is 0 Å². The fourth-order valence-electron chi connectivity index (χ4n) is 2.90. The van der Waals surface area contributed by atoms with Crippen LogP contribution in [0.1, 0.15) is 41.1 Å². The van der Waals surface area contributed by atoms with Crippen LogP contribution in [0, 0.1) is 0 Å². The molecule has 0 spiro atoms. The highest BCUT2D eigenvalue weighted by atomic mass is 35.5. The van der Waals surface area contributed by atoms with Crippen LogP contribution in [0.2, 0.25) is 5.02 Å². The van der Waals surface area contributed by atoms with Crippen molar-refractivity contribution in [2.75, 3.05) is 19.7 Å². The van der Waals surface area contributed by atoms with E-state index in [2.05, 4.69) is 11.9 Å².